The van der Waals surface area contributed by atoms with Crippen LogP contribution in [-0.2, 0) is 4.74 Å². The summed E-state index contributed by atoms with van der Waals surface area (Å²) in [7, 11) is 0. The molecule has 0 fully saturated rings. The molecular weight excluding hydrogens is 134 g/mol. The molecule has 0 heterocycles. The van der Waals surface area contributed by atoms with Gasteiger partial charge >= 0.3 is 6.16 Å². The third kappa shape index (κ3) is 7.13. The van der Waals surface area contributed by atoms with Crippen LogP contribution in [0.3, 0.4) is 0 Å². The number of hydrogen-bond donors (Lipinski definition) is 1. The van der Waals surface area contributed by atoms with Crippen LogP contribution in [0.5, 0.6) is 0 Å². The molecule has 0 amide bonds. The molecule has 0 radical (unpaired) electrons. The van der Waals surface area contributed by atoms with Crippen molar-refractivity contribution in [1.82, 2.24) is 0 Å². The summed E-state index contributed by atoms with van der Waals surface area (Å²) in [4.78, 5) is 9.49. The van der Waals surface area contributed by atoms with E-state index in [1.165, 1.54) is 0 Å². The Bertz CT molecular complexity index is 107. The standard InChI is InChI=1S/C4H6F2O3/c1-4(5,6)2-9-3(7)8/h2H2,1H3,(H,7,8). The van der Waals surface area contributed by atoms with Crippen molar-refractivity contribution >= 4 is 6.16 Å². The van der Waals surface area contributed by atoms with Crippen molar-refractivity contribution in [3.8, 4) is 0 Å². The van der Waals surface area contributed by atoms with Gasteiger partial charge in [0.25, 0.3) is 5.92 Å². The van der Waals surface area contributed by atoms with E-state index in [1.807, 2.05) is 0 Å². The molecule has 54 valence electrons. The molecule has 0 spiro atoms. The van der Waals surface area contributed by atoms with Crippen LogP contribution in [0.4, 0.5) is 13.6 Å². The molecule has 0 aliphatic carbocycles. The first-order valence-electron chi connectivity index (χ1n) is 2.15. The Balaban J connectivity index is 3.39. The Morgan fingerprint density at radius 3 is 2.33 bits per heavy atom. The Kier molecular flexibility index (Phi) is 2.36. The van der Waals surface area contributed by atoms with Gasteiger partial charge in [-0.25, -0.2) is 13.6 Å². The molecule has 0 saturated heterocycles. The molecule has 0 rings (SSSR count). The summed E-state index contributed by atoms with van der Waals surface area (Å²) < 4.78 is 27.0. The second-order valence-electron chi connectivity index (χ2n) is 1.62. The quantitative estimate of drug-likeness (QED) is 0.588. The van der Waals surface area contributed by atoms with E-state index in [1.54, 1.807) is 0 Å². The maximum Gasteiger partial charge on any atom is 0.505 e. The summed E-state index contributed by atoms with van der Waals surface area (Å²) in [5.74, 6) is -3.07. The van der Waals surface area contributed by atoms with Gasteiger partial charge in [0.05, 0.1) is 0 Å². The maximum atomic E-state index is 11.7. The average Bonchev–Trinajstić information content (AvgIpc) is 1.59. The van der Waals surface area contributed by atoms with Crippen LogP contribution in [0.15, 0.2) is 0 Å². The Morgan fingerprint density at radius 2 is 2.22 bits per heavy atom. The van der Waals surface area contributed by atoms with Gasteiger partial charge in [0.15, 0.2) is 6.61 Å². The molecule has 0 aliphatic rings. The molecule has 0 atom stereocenters. The smallest absolute Gasteiger partial charge is 0.450 e. The van der Waals surface area contributed by atoms with Crippen molar-refractivity contribution in [2.45, 2.75) is 12.8 Å². The van der Waals surface area contributed by atoms with Crippen LogP contribution >= 0.6 is 0 Å². The zero-order valence-corrected chi connectivity index (χ0v) is 4.73. The van der Waals surface area contributed by atoms with Crippen molar-refractivity contribution in [2.24, 2.45) is 0 Å². The van der Waals surface area contributed by atoms with E-state index in [9.17, 15) is 13.6 Å². The number of halogens is 2. The van der Waals surface area contributed by atoms with E-state index in [2.05, 4.69) is 4.74 Å². The van der Waals surface area contributed by atoms with E-state index >= 15 is 0 Å². The highest BCUT2D eigenvalue weighted by Crippen LogP contribution is 2.10. The summed E-state index contributed by atoms with van der Waals surface area (Å²) in [6.07, 6.45) is -1.68. The van der Waals surface area contributed by atoms with Gasteiger partial charge in [-0.05, 0) is 0 Å². The number of carboxylic acid groups (broad SMARTS) is 1. The van der Waals surface area contributed by atoms with Crippen molar-refractivity contribution in [1.29, 1.82) is 0 Å². The Morgan fingerprint density at radius 1 is 1.78 bits per heavy atom. The lowest BCUT2D eigenvalue weighted by Gasteiger charge is -2.07. The molecule has 0 saturated carbocycles. The van der Waals surface area contributed by atoms with Gasteiger partial charge in [0, 0.05) is 6.92 Å². The van der Waals surface area contributed by atoms with Crippen LogP contribution in [0.1, 0.15) is 6.92 Å². The van der Waals surface area contributed by atoms with Crippen molar-refractivity contribution < 1.29 is 23.4 Å². The minimum absolute atomic E-state index is 0.579. The van der Waals surface area contributed by atoms with E-state index < -0.39 is 18.7 Å². The number of hydrogen-bond acceptors (Lipinski definition) is 2. The third-order valence-electron chi connectivity index (χ3n) is 0.449. The van der Waals surface area contributed by atoms with Gasteiger partial charge in [-0.3, -0.25) is 0 Å². The van der Waals surface area contributed by atoms with Gasteiger partial charge in [-0.1, -0.05) is 0 Å². The Hall–Kier alpha value is -0.870. The molecule has 5 heteroatoms. The molecule has 0 unspecified atom stereocenters. The number of alkyl halides is 2. The van der Waals surface area contributed by atoms with Crippen LogP contribution < -0.4 is 0 Å². The first-order valence-corrected chi connectivity index (χ1v) is 2.15. The fourth-order valence-corrected chi connectivity index (χ4v) is 0.188. The van der Waals surface area contributed by atoms with E-state index in [0.717, 1.165) is 0 Å². The lowest BCUT2D eigenvalue weighted by Crippen LogP contribution is -2.20. The fourth-order valence-electron chi connectivity index (χ4n) is 0.188. The molecule has 0 aromatic rings. The highest BCUT2D eigenvalue weighted by molar-refractivity contribution is 5.56. The predicted molar refractivity (Wildman–Crippen MR) is 24.6 cm³/mol. The molecule has 1 N–H and O–H groups in total. The van der Waals surface area contributed by atoms with Gasteiger partial charge < -0.3 is 9.84 Å². The largest absolute Gasteiger partial charge is 0.505 e. The first-order chi connectivity index (χ1) is 3.92. The molecular formula is C4H6F2O3. The topological polar surface area (TPSA) is 46.5 Å². The van der Waals surface area contributed by atoms with Crippen LogP contribution in [-0.4, -0.2) is 23.8 Å². The van der Waals surface area contributed by atoms with Gasteiger partial charge in [0.2, 0.25) is 0 Å². The van der Waals surface area contributed by atoms with E-state index in [0.29, 0.717) is 6.92 Å². The molecule has 0 aromatic carbocycles. The average molecular weight is 140 g/mol. The van der Waals surface area contributed by atoms with E-state index in [4.69, 9.17) is 5.11 Å². The lowest BCUT2D eigenvalue weighted by atomic mass is 10.4. The Labute approximate surface area is 50.2 Å². The van der Waals surface area contributed by atoms with Crippen LogP contribution in [0, 0.1) is 0 Å². The van der Waals surface area contributed by atoms with Crippen molar-refractivity contribution in [3.63, 3.8) is 0 Å². The minimum atomic E-state index is -3.07. The van der Waals surface area contributed by atoms with Crippen LogP contribution in [0.25, 0.3) is 0 Å². The highest BCUT2D eigenvalue weighted by Gasteiger charge is 2.23. The van der Waals surface area contributed by atoms with E-state index in [-0.39, 0.29) is 0 Å². The SMILES string of the molecule is CC(F)(F)COC(=O)O. The molecule has 9 heavy (non-hydrogen) atoms. The summed E-state index contributed by atoms with van der Waals surface area (Å²) in [5.41, 5.74) is 0. The highest BCUT2D eigenvalue weighted by atomic mass is 19.3. The van der Waals surface area contributed by atoms with Crippen LogP contribution in [0.2, 0.25) is 0 Å². The zero-order chi connectivity index (χ0) is 7.49. The summed E-state index contributed by atoms with van der Waals surface area (Å²) in [6, 6.07) is 0. The molecule has 0 aromatic heterocycles. The molecule has 0 aliphatic heterocycles. The summed E-state index contributed by atoms with van der Waals surface area (Å²) >= 11 is 0. The summed E-state index contributed by atoms with van der Waals surface area (Å²) in [6.45, 7) is -0.502. The van der Waals surface area contributed by atoms with Gasteiger partial charge in [0.1, 0.15) is 0 Å². The maximum absolute atomic E-state index is 11.7. The number of rotatable bonds is 2. The van der Waals surface area contributed by atoms with Crippen molar-refractivity contribution in [3.05, 3.63) is 0 Å². The lowest BCUT2D eigenvalue weighted by molar-refractivity contribution is -0.0490. The van der Waals surface area contributed by atoms with Crippen molar-refractivity contribution in [2.75, 3.05) is 6.61 Å². The van der Waals surface area contributed by atoms with Gasteiger partial charge in [-0.2, -0.15) is 0 Å². The third-order valence-corrected chi connectivity index (χ3v) is 0.449. The number of ether oxygens (including phenoxy) is 1. The minimum Gasteiger partial charge on any atom is -0.450 e. The fraction of sp³-hybridized carbons (Fsp3) is 0.750. The number of carbonyl (C=O) groups is 1. The zero-order valence-electron chi connectivity index (χ0n) is 4.73. The van der Waals surface area contributed by atoms with Gasteiger partial charge in [-0.15, -0.1) is 0 Å². The molecule has 0 bridgehead atoms. The normalized spacial score (nSPS) is 11.0. The molecule has 3 nitrogen and oxygen atoms in total. The first kappa shape index (κ1) is 8.13. The monoisotopic (exact) mass is 140 g/mol. The second-order valence-corrected chi connectivity index (χ2v) is 1.62. The second kappa shape index (κ2) is 2.61. The summed E-state index contributed by atoms with van der Waals surface area (Å²) in [5, 5.41) is 7.72. The predicted octanol–water partition coefficient (Wildman–Crippen LogP) is 1.34.